The van der Waals surface area contributed by atoms with E-state index in [1.54, 1.807) is 12.1 Å². The minimum atomic E-state index is -0.346. The van der Waals surface area contributed by atoms with E-state index in [4.69, 9.17) is 22.0 Å². The molecule has 0 fully saturated rings. The Morgan fingerprint density at radius 3 is 2.26 bits per heavy atom. The van der Waals surface area contributed by atoms with E-state index in [9.17, 15) is 9.18 Å². The normalized spacial score (nSPS) is 14.6. The number of hydrogen-bond acceptors (Lipinski definition) is 6. The molecule has 1 aliphatic carbocycles. The highest BCUT2D eigenvalue weighted by atomic mass is 19.1. The molecule has 2 rings (SSSR count). The molecule has 0 spiro atoms. The molecule has 1 aromatic rings. The topological polar surface area (TPSA) is 127 Å². The summed E-state index contributed by atoms with van der Waals surface area (Å²) < 4.78 is 13.6. The molecule has 0 heterocycles. The molecular weight excluding hydrogens is 429 g/mol. The monoisotopic (exact) mass is 469 g/mol. The highest BCUT2D eigenvalue weighted by Crippen LogP contribution is 2.35. The second-order valence-electron chi connectivity index (χ2n) is 9.21. The van der Waals surface area contributed by atoms with Crippen LogP contribution in [0.15, 0.2) is 24.3 Å². The molecule has 1 aliphatic rings. The van der Waals surface area contributed by atoms with Crippen LogP contribution in [0, 0.1) is 22.0 Å². The number of allylic oxidation sites excluding steroid dienone is 1. The van der Waals surface area contributed by atoms with Gasteiger partial charge in [-0.1, -0.05) is 25.5 Å². The number of Topliss-reactive ketones (excluding diaryl/α,β-unsaturated/α-hetero) is 1. The molecule has 0 radical (unpaired) electrons. The number of carbonyl (C=O) groups is 1. The third-order valence-corrected chi connectivity index (χ3v) is 6.07. The lowest BCUT2D eigenvalue weighted by Gasteiger charge is -2.08. The van der Waals surface area contributed by atoms with Crippen LogP contribution >= 0.6 is 0 Å². The highest BCUT2D eigenvalue weighted by Gasteiger charge is 2.23. The van der Waals surface area contributed by atoms with Gasteiger partial charge in [-0.05, 0) is 93.3 Å². The fourth-order valence-corrected chi connectivity index (χ4v) is 4.29. The van der Waals surface area contributed by atoms with Crippen molar-refractivity contribution >= 4 is 28.5 Å². The summed E-state index contributed by atoms with van der Waals surface area (Å²) in [5.74, 6) is -0.410. The molecule has 0 aliphatic heterocycles. The smallest absolute Gasteiger partial charge is 0.142 e. The summed E-state index contributed by atoms with van der Waals surface area (Å²) in [5, 5.41) is 27.4. The molecule has 0 saturated heterocycles. The maximum atomic E-state index is 13.6. The van der Waals surface area contributed by atoms with Crippen LogP contribution in [0.3, 0.4) is 0 Å². The molecule has 1 unspecified atom stereocenters. The molecule has 0 saturated carbocycles. The molecule has 186 valence electrons. The minimum absolute atomic E-state index is 0.0634. The van der Waals surface area contributed by atoms with Gasteiger partial charge in [0, 0.05) is 36.0 Å². The van der Waals surface area contributed by atoms with Crippen molar-refractivity contribution in [2.45, 2.75) is 83.6 Å². The van der Waals surface area contributed by atoms with Crippen molar-refractivity contribution in [3.63, 3.8) is 0 Å². The van der Waals surface area contributed by atoms with Crippen molar-refractivity contribution < 1.29 is 9.18 Å². The van der Waals surface area contributed by atoms with Gasteiger partial charge in [0.2, 0.25) is 0 Å². The number of nitrogens with one attached hydrogen (secondary N) is 4. The maximum absolute atomic E-state index is 13.6. The van der Waals surface area contributed by atoms with E-state index in [1.165, 1.54) is 12.1 Å². The second kappa shape index (κ2) is 14.7. The van der Waals surface area contributed by atoms with Crippen LogP contribution in [0.4, 0.5) is 4.39 Å². The van der Waals surface area contributed by atoms with E-state index in [2.05, 4.69) is 12.2 Å². The zero-order valence-electron chi connectivity index (χ0n) is 20.4. The van der Waals surface area contributed by atoms with E-state index in [1.807, 2.05) is 0 Å². The summed E-state index contributed by atoms with van der Waals surface area (Å²) in [5.41, 5.74) is 10.2. The first-order valence-corrected chi connectivity index (χ1v) is 12.5. The molecule has 6 nitrogen and oxygen atoms in total. The van der Waals surface area contributed by atoms with Crippen molar-refractivity contribution in [1.29, 1.82) is 16.2 Å². The van der Waals surface area contributed by atoms with Gasteiger partial charge in [0.1, 0.15) is 11.6 Å². The average Bonchev–Trinajstić information content (AvgIpc) is 3.07. The van der Waals surface area contributed by atoms with Gasteiger partial charge in [-0.25, -0.2) is 4.39 Å². The molecule has 0 bridgehead atoms. The van der Waals surface area contributed by atoms with Crippen LogP contribution in [0.1, 0.15) is 94.7 Å². The summed E-state index contributed by atoms with van der Waals surface area (Å²) in [4.78, 5) is 12.4. The zero-order valence-corrected chi connectivity index (χ0v) is 20.4. The summed E-state index contributed by atoms with van der Waals surface area (Å²) >= 11 is 0. The standard InChI is InChI=1S/C27H40FN5O/c1-2-6-21(29)9-4-13-33-14-5-10-22(30)7-3-8-23(31)18-24(34)15-19-16-27(32)25-12-11-20(28)17-26(19)25/h11-12,16-17,27,29-31,33H,2-10,13-15,18,32H2,1H3. The van der Waals surface area contributed by atoms with E-state index < -0.39 is 0 Å². The van der Waals surface area contributed by atoms with Gasteiger partial charge in [0.25, 0.3) is 0 Å². The molecule has 0 aromatic heterocycles. The number of halogens is 1. The lowest BCUT2D eigenvalue weighted by molar-refractivity contribution is -0.116. The first-order valence-electron chi connectivity index (χ1n) is 12.5. The molecule has 7 heteroatoms. The van der Waals surface area contributed by atoms with Gasteiger partial charge >= 0.3 is 0 Å². The number of carbonyl (C=O) groups excluding carboxylic acids is 1. The van der Waals surface area contributed by atoms with Gasteiger partial charge in [-0.2, -0.15) is 0 Å². The Morgan fingerprint density at radius 2 is 1.59 bits per heavy atom. The van der Waals surface area contributed by atoms with Gasteiger partial charge in [0.15, 0.2) is 0 Å². The van der Waals surface area contributed by atoms with Crippen molar-refractivity contribution in [3.05, 3.63) is 41.2 Å². The van der Waals surface area contributed by atoms with Gasteiger partial charge < -0.3 is 27.3 Å². The third kappa shape index (κ3) is 9.77. The lowest BCUT2D eigenvalue weighted by atomic mass is 9.97. The first-order chi connectivity index (χ1) is 16.3. The highest BCUT2D eigenvalue weighted by molar-refractivity contribution is 6.04. The van der Waals surface area contributed by atoms with Crippen molar-refractivity contribution in [3.8, 4) is 0 Å². The Morgan fingerprint density at radius 1 is 0.971 bits per heavy atom. The Balaban J connectivity index is 1.55. The number of nitrogens with two attached hydrogens (primary N) is 1. The SMILES string of the molecule is CCCC(=N)CCCNCCCC(=N)CCCC(=N)CC(=O)CC1=CC(N)c2ccc(F)cc21. The summed E-state index contributed by atoms with van der Waals surface area (Å²) in [6.45, 7) is 3.88. The second-order valence-corrected chi connectivity index (χ2v) is 9.21. The van der Waals surface area contributed by atoms with E-state index in [0.717, 1.165) is 68.5 Å². The number of benzene rings is 1. The number of fused-ring (bicyclic) bond motifs is 1. The predicted octanol–water partition coefficient (Wildman–Crippen LogP) is 5.75. The molecule has 0 amide bonds. The van der Waals surface area contributed by atoms with Crippen molar-refractivity contribution in [2.75, 3.05) is 13.1 Å². The minimum Gasteiger partial charge on any atom is -0.321 e. The lowest BCUT2D eigenvalue weighted by Crippen LogP contribution is -2.18. The van der Waals surface area contributed by atoms with Crippen LogP contribution in [0.2, 0.25) is 0 Å². The first kappa shape index (κ1) is 27.7. The van der Waals surface area contributed by atoms with Crippen molar-refractivity contribution in [2.24, 2.45) is 5.73 Å². The Hall–Kier alpha value is -2.51. The summed E-state index contributed by atoms with van der Waals surface area (Å²) in [6, 6.07) is 4.15. The van der Waals surface area contributed by atoms with Gasteiger partial charge in [-0.15, -0.1) is 0 Å². The van der Waals surface area contributed by atoms with E-state index >= 15 is 0 Å². The fourth-order valence-electron chi connectivity index (χ4n) is 4.29. The van der Waals surface area contributed by atoms with Crippen molar-refractivity contribution in [1.82, 2.24) is 5.32 Å². The number of hydrogen-bond donors (Lipinski definition) is 5. The van der Waals surface area contributed by atoms with E-state index in [0.29, 0.717) is 36.2 Å². The molecule has 6 N–H and O–H groups in total. The van der Waals surface area contributed by atoms with Gasteiger partial charge in [0.05, 0.1) is 0 Å². The third-order valence-electron chi connectivity index (χ3n) is 6.07. The largest absolute Gasteiger partial charge is 0.321 e. The molecular formula is C27H40FN5O. The Bertz CT molecular complexity index is 908. The zero-order chi connectivity index (χ0) is 24.9. The van der Waals surface area contributed by atoms with Crippen LogP contribution < -0.4 is 11.1 Å². The van der Waals surface area contributed by atoms with E-state index in [-0.39, 0.29) is 30.5 Å². The molecule has 34 heavy (non-hydrogen) atoms. The summed E-state index contributed by atoms with van der Waals surface area (Å²) in [7, 11) is 0. The van der Waals surface area contributed by atoms with Gasteiger partial charge in [-0.3, -0.25) is 4.79 Å². The van der Waals surface area contributed by atoms with Crippen LogP contribution in [0.25, 0.3) is 5.57 Å². The van der Waals surface area contributed by atoms with Crippen LogP contribution in [-0.2, 0) is 4.79 Å². The molecule has 1 aromatic carbocycles. The number of rotatable bonds is 18. The Labute approximate surface area is 203 Å². The fraction of sp³-hybridized carbons (Fsp3) is 0.556. The summed E-state index contributed by atoms with van der Waals surface area (Å²) in [6.07, 6.45) is 9.37. The molecule has 1 atom stereocenters. The maximum Gasteiger partial charge on any atom is 0.142 e. The van der Waals surface area contributed by atoms with Crippen LogP contribution in [-0.4, -0.2) is 36.0 Å². The van der Waals surface area contributed by atoms with Crippen LogP contribution in [0.5, 0.6) is 0 Å². The Kier molecular flexibility index (Phi) is 12.0. The number of ketones is 1. The predicted molar refractivity (Wildman–Crippen MR) is 139 cm³/mol. The average molecular weight is 470 g/mol. The quantitative estimate of drug-likeness (QED) is 0.139.